The van der Waals surface area contributed by atoms with Crippen LogP contribution in [0.2, 0.25) is 0 Å². The number of thiophene rings is 1. The van der Waals surface area contributed by atoms with E-state index in [1.54, 1.807) is 0 Å². The van der Waals surface area contributed by atoms with Crippen molar-refractivity contribution in [2.45, 2.75) is 17.2 Å². The fraction of sp³-hybridized carbons (Fsp3) is 0.214. The minimum atomic E-state index is -3.63. The Morgan fingerprint density at radius 2 is 1.86 bits per heavy atom. The number of aromatic carboxylic acids is 1. The Morgan fingerprint density at radius 1 is 1.14 bits per heavy atom. The van der Waals surface area contributed by atoms with Crippen LogP contribution < -0.4 is 0 Å². The molecule has 0 saturated heterocycles. The summed E-state index contributed by atoms with van der Waals surface area (Å²) in [6.07, 6.45) is 0.673. The monoisotopic (exact) mass is 323 g/mol. The fourth-order valence-electron chi connectivity index (χ4n) is 2.38. The van der Waals surface area contributed by atoms with Crippen molar-refractivity contribution >= 4 is 27.3 Å². The average Bonchev–Trinajstić information content (AvgIpc) is 2.97. The van der Waals surface area contributed by atoms with Crippen molar-refractivity contribution in [2.75, 3.05) is 6.54 Å². The minimum absolute atomic E-state index is 0.0333. The van der Waals surface area contributed by atoms with Gasteiger partial charge in [-0.05, 0) is 29.7 Å². The number of carboxylic acids is 1. The van der Waals surface area contributed by atoms with E-state index < -0.39 is 16.0 Å². The van der Waals surface area contributed by atoms with Gasteiger partial charge in [-0.25, -0.2) is 13.2 Å². The van der Waals surface area contributed by atoms with Gasteiger partial charge in [-0.2, -0.15) is 4.31 Å². The molecule has 0 bridgehead atoms. The van der Waals surface area contributed by atoms with E-state index in [-0.39, 0.29) is 9.09 Å². The first-order valence-corrected chi connectivity index (χ1v) is 8.64. The summed E-state index contributed by atoms with van der Waals surface area (Å²) >= 11 is 0.794. The molecule has 1 aromatic heterocycles. The highest BCUT2D eigenvalue weighted by molar-refractivity contribution is 7.91. The highest BCUT2D eigenvalue weighted by Gasteiger charge is 2.29. The van der Waals surface area contributed by atoms with Gasteiger partial charge in [-0.3, -0.25) is 0 Å². The lowest BCUT2D eigenvalue weighted by Crippen LogP contribution is -2.35. The predicted molar refractivity (Wildman–Crippen MR) is 79.0 cm³/mol. The molecule has 1 aromatic carbocycles. The van der Waals surface area contributed by atoms with Crippen LogP contribution in [-0.2, 0) is 23.0 Å². The smallest absolute Gasteiger partial charge is 0.345 e. The topological polar surface area (TPSA) is 74.7 Å². The molecule has 0 saturated carbocycles. The molecule has 110 valence electrons. The molecule has 7 heteroatoms. The molecule has 0 atom stereocenters. The summed E-state index contributed by atoms with van der Waals surface area (Å²) in [7, 11) is -3.63. The van der Waals surface area contributed by atoms with Crippen molar-refractivity contribution in [1.29, 1.82) is 0 Å². The zero-order chi connectivity index (χ0) is 15.0. The summed E-state index contributed by atoms with van der Waals surface area (Å²) in [4.78, 5) is 10.9. The number of hydrogen-bond donors (Lipinski definition) is 1. The van der Waals surface area contributed by atoms with Crippen molar-refractivity contribution < 1.29 is 18.3 Å². The number of nitrogens with zero attached hydrogens (tertiary/aromatic N) is 1. The van der Waals surface area contributed by atoms with Crippen LogP contribution in [0.1, 0.15) is 20.8 Å². The van der Waals surface area contributed by atoms with Crippen LogP contribution in [0.3, 0.4) is 0 Å². The van der Waals surface area contributed by atoms with Gasteiger partial charge in [-0.15, -0.1) is 11.3 Å². The molecule has 0 unspecified atom stereocenters. The van der Waals surface area contributed by atoms with Crippen molar-refractivity contribution in [1.82, 2.24) is 4.31 Å². The molecule has 1 aliphatic heterocycles. The molecular formula is C14H13NO4S2. The van der Waals surface area contributed by atoms with Gasteiger partial charge in [0, 0.05) is 13.1 Å². The average molecular weight is 323 g/mol. The fourth-order valence-corrected chi connectivity index (χ4v) is 5.09. The SMILES string of the molecule is O=C(O)c1ccc(S(=O)(=O)N2CCc3ccccc3C2)s1. The zero-order valence-electron chi connectivity index (χ0n) is 11.0. The van der Waals surface area contributed by atoms with E-state index in [1.165, 1.54) is 22.0 Å². The molecule has 1 aliphatic rings. The first kappa shape index (κ1) is 14.2. The minimum Gasteiger partial charge on any atom is -0.477 e. The number of sulfonamides is 1. The number of fused-ring (bicyclic) bond motifs is 1. The van der Waals surface area contributed by atoms with Gasteiger partial charge >= 0.3 is 5.97 Å². The summed E-state index contributed by atoms with van der Waals surface area (Å²) < 4.78 is 26.6. The molecule has 0 radical (unpaired) electrons. The van der Waals surface area contributed by atoms with E-state index in [0.29, 0.717) is 19.5 Å². The second-order valence-corrected chi connectivity index (χ2v) is 8.03. The Labute approximate surface area is 126 Å². The number of carboxylic acid groups (broad SMARTS) is 1. The highest BCUT2D eigenvalue weighted by atomic mass is 32.2. The molecule has 3 rings (SSSR count). The van der Waals surface area contributed by atoms with Gasteiger partial charge in [0.25, 0.3) is 10.0 Å². The lowest BCUT2D eigenvalue weighted by Gasteiger charge is -2.27. The highest BCUT2D eigenvalue weighted by Crippen LogP contribution is 2.29. The molecule has 0 fully saturated rings. The molecule has 2 aromatic rings. The summed E-state index contributed by atoms with van der Waals surface area (Å²) in [5.74, 6) is -1.11. The number of hydrogen-bond acceptors (Lipinski definition) is 4. The molecule has 0 spiro atoms. The maximum atomic E-state index is 12.6. The number of rotatable bonds is 3. The normalized spacial score (nSPS) is 15.6. The summed E-state index contributed by atoms with van der Waals surface area (Å²) in [5.41, 5.74) is 2.17. The summed E-state index contributed by atoms with van der Waals surface area (Å²) in [5, 5.41) is 8.91. The van der Waals surface area contributed by atoms with Crippen LogP contribution >= 0.6 is 11.3 Å². The Hall–Kier alpha value is -1.70. The zero-order valence-corrected chi connectivity index (χ0v) is 12.7. The van der Waals surface area contributed by atoms with Crippen LogP contribution in [0.4, 0.5) is 0 Å². The van der Waals surface area contributed by atoms with Gasteiger partial charge in [0.2, 0.25) is 0 Å². The Bertz CT molecular complexity index is 795. The van der Waals surface area contributed by atoms with Crippen molar-refractivity contribution in [2.24, 2.45) is 0 Å². The predicted octanol–water partition coefficient (Wildman–Crippen LogP) is 2.19. The first-order chi connectivity index (χ1) is 9.98. The van der Waals surface area contributed by atoms with Crippen molar-refractivity contribution in [3.05, 3.63) is 52.4 Å². The number of carbonyl (C=O) groups is 1. The third-order valence-electron chi connectivity index (χ3n) is 3.48. The molecule has 0 amide bonds. The Morgan fingerprint density at radius 3 is 2.52 bits per heavy atom. The second kappa shape index (κ2) is 5.25. The van der Waals surface area contributed by atoms with E-state index in [0.717, 1.165) is 16.9 Å². The van der Waals surface area contributed by atoms with Crippen molar-refractivity contribution in [3.8, 4) is 0 Å². The lowest BCUT2D eigenvalue weighted by molar-refractivity contribution is 0.0702. The van der Waals surface area contributed by atoms with Crippen LogP contribution in [-0.4, -0.2) is 30.3 Å². The van der Waals surface area contributed by atoms with E-state index in [2.05, 4.69) is 0 Å². The quantitative estimate of drug-likeness (QED) is 0.939. The lowest BCUT2D eigenvalue weighted by atomic mass is 10.0. The largest absolute Gasteiger partial charge is 0.477 e. The number of benzene rings is 1. The maximum absolute atomic E-state index is 12.6. The molecule has 2 heterocycles. The first-order valence-electron chi connectivity index (χ1n) is 6.38. The summed E-state index contributed by atoms with van der Waals surface area (Å²) in [6, 6.07) is 10.5. The van der Waals surface area contributed by atoms with E-state index in [9.17, 15) is 13.2 Å². The Balaban J connectivity index is 1.91. The molecule has 0 aliphatic carbocycles. The van der Waals surface area contributed by atoms with Gasteiger partial charge in [0.1, 0.15) is 9.09 Å². The van der Waals surface area contributed by atoms with Crippen molar-refractivity contribution in [3.63, 3.8) is 0 Å². The molecule has 21 heavy (non-hydrogen) atoms. The second-order valence-electron chi connectivity index (χ2n) is 4.78. The van der Waals surface area contributed by atoms with Crippen LogP contribution in [0.25, 0.3) is 0 Å². The van der Waals surface area contributed by atoms with Gasteiger partial charge < -0.3 is 5.11 Å². The molecule has 5 nitrogen and oxygen atoms in total. The maximum Gasteiger partial charge on any atom is 0.345 e. The third kappa shape index (κ3) is 2.59. The molecular weight excluding hydrogens is 310 g/mol. The Kier molecular flexibility index (Phi) is 3.56. The summed E-state index contributed by atoms with van der Waals surface area (Å²) in [6.45, 7) is 0.748. The van der Waals surface area contributed by atoms with E-state index >= 15 is 0 Å². The standard InChI is InChI=1S/C14H13NO4S2/c16-14(17)12-5-6-13(20-12)21(18,19)15-8-7-10-3-1-2-4-11(10)9-15/h1-6H,7-9H2,(H,16,17). The van der Waals surface area contributed by atoms with Gasteiger partial charge in [0.05, 0.1) is 0 Å². The van der Waals surface area contributed by atoms with E-state index in [4.69, 9.17) is 5.11 Å². The van der Waals surface area contributed by atoms with Gasteiger partial charge in [0.15, 0.2) is 0 Å². The van der Waals surface area contributed by atoms with Crippen LogP contribution in [0.15, 0.2) is 40.6 Å². The molecule has 1 N–H and O–H groups in total. The van der Waals surface area contributed by atoms with E-state index in [1.807, 2.05) is 24.3 Å². The third-order valence-corrected chi connectivity index (χ3v) is 6.87. The van der Waals surface area contributed by atoms with Crippen LogP contribution in [0.5, 0.6) is 0 Å². The van der Waals surface area contributed by atoms with Crippen LogP contribution in [0, 0.1) is 0 Å². The van der Waals surface area contributed by atoms with Gasteiger partial charge in [-0.1, -0.05) is 24.3 Å².